The van der Waals surface area contributed by atoms with Gasteiger partial charge in [0.2, 0.25) is 0 Å². The molecule has 7 rings (SSSR count). The van der Waals surface area contributed by atoms with E-state index >= 15 is 0 Å². The second-order valence-corrected chi connectivity index (χ2v) is 13.4. The van der Waals surface area contributed by atoms with E-state index in [9.17, 15) is 14.7 Å². The number of rotatable bonds is 17. The second-order valence-electron chi connectivity index (χ2n) is 13.4. The van der Waals surface area contributed by atoms with E-state index in [1.165, 1.54) is 0 Å². The first-order valence-electron chi connectivity index (χ1n) is 18.6. The first-order valence-corrected chi connectivity index (χ1v) is 18.6. The fourth-order valence-corrected chi connectivity index (χ4v) is 6.57. The third-order valence-electron chi connectivity index (χ3n) is 9.45. The van der Waals surface area contributed by atoms with Gasteiger partial charge in [0, 0.05) is 0 Å². The first-order chi connectivity index (χ1) is 27.5. The highest BCUT2D eigenvalue weighted by molar-refractivity contribution is 5.90. The van der Waals surface area contributed by atoms with Crippen molar-refractivity contribution in [3.63, 3.8) is 0 Å². The van der Waals surface area contributed by atoms with Gasteiger partial charge in [0.15, 0.2) is 24.8 Å². The number of hydrogen-bond acceptors (Lipinski definition) is 11. The molecule has 0 unspecified atom stereocenters. The highest BCUT2D eigenvalue weighted by Crippen LogP contribution is 2.33. The maximum absolute atomic E-state index is 13.3. The van der Waals surface area contributed by atoms with Crippen molar-refractivity contribution >= 4 is 11.9 Å². The predicted octanol–water partition coefficient (Wildman–Crippen LogP) is 6.28. The normalized spacial score (nSPS) is 24.4. The minimum atomic E-state index is -1.62. The van der Waals surface area contributed by atoms with Crippen LogP contribution in [0.5, 0.6) is 0 Å². The number of esters is 2. The fourth-order valence-electron chi connectivity index (χ4n) is 6.57. The van der Waals surface area contributed by atoms with E-state index < -0.39 is 61.1 Å². The van der Waals surface area contributed by atoms with Gasteiger partial charge >= 0.3 is 11.9 Å². The first kappa shape index (κ1) is 39.0. The lowest BCUT2D eigenvalue weighted by Crippen LogP contribution is -2.43. The summed E-state index contributed by atoms with van der Waals surface area (Å²) in [5.74, 6) is -1.41. The zero-order valence-electron chi connectivity index (χ0n) is 30.6. The lowest BCUT2D eigenvalue weighted by Gasteiger charge is -2.26. The molecule has 2 fully saturated rings. The molecule has 290 valence electrons. The van der Waals surface area contributed by atoms with Crippen LogP contribution in [0.4, 0.5) is 0 Å². The predicted molar refractivity (Wildman–Crippen MR) is 203 cm³/mol. The molecule has 0 aliphatic carbocycles. The molecular formula is C45H44O11. The van der Waals surface area contributed by atoms with E-state index in [0.29, 0.717) is 6.61 Å². The van der Waals surface area contributed by atoms with Crippen molar-refractivity contribution in [2.24, 2.45) is 0 Å². The van der Waals surface area contributed by atoms with Crippen molar-refractivity contribution in [1.29, 1.82) is 0 Å². The summed E-state index contributed by atoms with van der Waals surface area (Å²) >= 11 is 0. The SMILES string of the molecule is O=C(O[C@H]1[C@H](OC(=O)c2ccccc2)[C@@H](CO[C@@H]2O[C@H](COCc3ccccc3)[C@@H](OCc3ccccc3)[C@@H]2OCc2ccccc2)O[C@@H]1O)c1ccccc1. The van der Waals surface area contributed by atoms with Crippen LogP contribution in [0.15, 0.2) is 152 Å². The van der Waals surface area contributed by atoms with Crippen LogP contribution in [0.25, 0.3) is 0 Å². The molecule has 56 heavy (non-hydrogen) atoms. The molecule has 2 heterocycles. The van der Waals surface area contributed by atoms with Gasteiger partial charge in [-0.05, 0) is 41.0 Å². The topological polar surface area (TPSA) is 128 Å². The number of carbonyl (C=O) groups is 2. The van der Waals surface area contributed by atoms with E-state index in [0.717, 1.165) is 16.7 Å². The van der Waals surface area contributed by atoms with Crippen molar-refractivity contribution in [2.45, 2.75) is 69.0 Å². The molecule has 1 N–H and O–H groups in total. The maximum atomic E-state index is 13.3. The molecular weight excluding hydrogens is 716 g/mol. The van der Waals surface area contributed by atoms with Crippen LogP contribution in [0.3, 0.4) is 0 Å². The average Bonchev–Trinajstić information content (AvgIpc) is 3.73. The Bertz CT molecular complexity index is 1930. The van der Waals surface area contributed by atoms with Crippen LogP contribution in [0.1, 0.15) is 37.4 Å². The highest BCUT2D eigenvalue weighted by atomic mass is 16.7. The minimum absolute atomic E-state index is 0.173. The van der Waals surface area contributed by atoms with E-state index in [2.05, 4.69) is 0 Å². The zero-order valence-corrected chi connectivity index (χ0v) is 30.6. The smallest absolute Gasteiger partial charge is 0.338 e. The molecule has 5 aromatic rings. The Morgan fingerprint density at radius 1 is 0.464 bits per heavy atom. The Labute approximate surface area is 325 Å². The monoisotopic (exact) mass is 760 g/mol. The van der Waals surface area contributed by atoms with Crippen LogP contribution in [0, 0.1) is 0 Å². The summed E-state index contributed by atoms with van der Waals surface area (Å²) in [6.07, 6.45) is -8.27. The van der Waals surface area contributed by atoms with Crippen molar-refractivity contribution in [1.82, 2.24) is 0 Å². The molecule has 0 spiro atoms. The van der Waals surface area contributed by atoms with Gasteiger partial charge in [0.25, 0.3) is 0 Å². The second kappa shape index (κ2) is 19.6. The number of aliphatic hydroxyl groups excluding tert-OH is 1. The molecule has 0 aromatic heterocycles. The van der Waals surface area contributed by atoms with Crippen molar-refractivity contribution in [2.75, 3.05) is 13.2 Å². The molecule has 0 amide bonds. The van der Waals surface area contributed by atoms with E-state index in [1.54, 1.807) is 60.7 Å². The molecule has 11 nitrogen and oxygen atoms in total. The van der Waals surface area contributed by atoms with E-state index in [-0.39, 0.29) is 37.6 Å². The summed E-state index contributed by atoms with van der Waals surface area (Å²) in [7, 11) is 0. The van der Waals surface area contributed by atoms with Crippen molar-refractivity contribution in [3.05, 3.63) is 179 Å². The van der Waals surface area contributed by atoms with Gasteiger partial charge in [-0.25, -0.2) is 9.59 Å². The Morgan fingerprint density at radius 2 is 0.893 bits per heavy atom. The molecule has 2 aliphatic rings. The Kier molecular flexibility index (Phi) is 13.6. The Balaban J connectivity index is 1.11. The molecule has 2 saturated heterocycles. The highest BCUT2D eigenvalue weighted by Gasteiger charge is 2.52. The molecule has 11 heteroatoms. The quantitative estimate of drug-likeness (QED) is 0.108. The summed E-state index contributed by atoms with van der Waals surface area (Å²) in [5.41, 5.74) is 3.44. The standard InChI is InChI=1S/C45H44O11/c46-42(34-22-12-4-13-23-34)55-39-37(53-44(48)40(39)56-43(47)35-24-14-5-15-25-35)30-52-45-41(51-28-33-20-10-3-11-21-33)38(50-27-32-18-8-2-9-19-32)36(54-45)29-49-26-31-16-6-1-7-17-31/h1-25,36-41,44-45,48H,26-30H2/t36-,37-,38-,39-,40+,41+,44+,45-/m1/s1. The van der Waals surface area contributed by atoms with Crippen LogP contribution >= 0.6 is 0 Å². The van der Waals surface area contributed by atoms with Crippen molar-refractivity contribution in [3.8, 4) is 0 Å². The number of hydrogen-bond donors (Lipinski definition) is 1. The molecule has 0 radical (unpaired) electrons. The zero-order chi connectivity index (χ0) is 38.5. The van der Waals surface area contributed by atoms with Gasteiger partial charge in [0.05, 0.1) is 44.2 Å². The third-order valence-corrected chi connectivity index (χ3v) is 9.45. The van der Waals surface area contributed by atoms with E-state index in [1.807, 2.05) is 91.0 Å². The fraction of sp³-hybridized carbons (Fsp3) is 0.289. The van der Waals surface area contributed by atoms with Gasteiger partial charge in [0.1, 0.15) is 24.4 Å². The lowest BCUT2D eigenvalue weighted by molar-refractivity contribution is -0.208. The van der Waals surface area contributed by atoms with Gasteiger partial charge in [-0.3, -0.25) is 0 Å². The maximum Gasteiger partial charge on any atom is 0.338 e. The summed E-state index contributed by atoms with van der Waals surface area (Å²) < 4.78 is 49.7. The summed E-state index contributed by atoms with van der Waals surface area (Å²) in [5, 5.41) is 11.1. The summed E-state index contributed by atoms with van der Waals surface area (Å²) in [6, 6.07) is 46.0. The minimum Gasteiger partial charge on any atom is -0.452 e. The summed E-state index contributed by atoms with van der Waals surface area (Å²) in [4.78, 5) is 26.5. The third kappa shape index (κ3) is 10.3. The average molecular weight is 761 g/mol. The van der Waals surface area contributed by atoms with Gasteiger partial charge in [-0.15, -0.1) is 0 Å². The van der Waals surface area contributed by atoms with Crippen LogP contribution in [0.2, 0.25) is 0 Å². The number of carbonyl (C=O) groups excluding carboxylic acids is 2. The number of ether oxygens (including phenoxy) is 8. The van der Waals surface area contributed by atoms with Gasteiger partial charge in [-0.1, -0.05) is 127 Å². The number of aliphatic hydroxyl groups is 1. The molecule has 8 atom stereocenters. The molecule has 5 aromatic carbocycles. The Hall–Kier alpha value is -5.24. The van der Waals surface area contributed by atoms with Crippen LogP contribution in [-0.2, 0) is 57.7 Å². The Morgan fingerprint density at radius 3 is 1.41 bits per heavy atom. The van der Waals surface area contributed by atoms with Crippen LogP contribution in [-0.4, -0.2) is 79.5 Å². The number of benzene rings is 5. The summed E-state index contributed by atoms with van der Waals surface area (Å²) in [6.45, 7) is 0.824. The molecule has 2 aliphatic heterocycles. The molecule has 0 saturated carbocycles. The largest absolute Gasteiger partial charge is 0.452 e. The van der Waals surface area contributed by atoms with Gasteiger partial charge in [-0.2, -0.15) is 0 Å². The van der Waals surface area contributed by atoms with E-state index in [4.69, 9.17) is 37.9 Å². The lowest BCUT2D eigenvalue weighted by atomic mass is 10.1. The molecule has 0 bridgehead atoms. The van der Waals surface area contributed by atoms with Gasteiger partial charge < -0.3 is 43.0 Å². The van der Waals surface area contributed by atoms with Crippen LogP contribution < -0.4 is 0 Å². The van der Waals surface area contributed by atoms with Crippen molar-refractivity contribution < 1.29 is 52.6 Å².